The Morgan fingerprint density at radius 1 is 1.20 bits per heavy atom. The van der Waals surface area contributed by atoms with E-state index in [4.69, 9.17) is 27.9 Å². The summed E-state index contributed by atoms with van der Waals surface area (Å²) < 4.78 is 7.26. The molecule has 0 saturated carbocycles. The number of hydrogen-bond acceptors (Lipinski definition) is 4. The predicted octanol–water partition coefficient (Wildman–Crippen LogP) is 4.74. The van der Waals surface area contributed by atoms with Crippen LogP contribution in [0.2, 0.25) is 10.0 Å². The standard InChI is InChI=1S/C18H16Cl2N4O/c1-25-13-4-2-3-11(7-13)17-9-16(23-18-21-10-22-24(17)18)14-6-5-12(19)8-15(14)20/h2-8,10,16-17H,9H2,1H3,(H,21,22,23)/t16-,17+/m0/s1. The molecule has 1 N–H and O–H groups in total. The first-order valence-electron chi connectivity index (χ1n) is 7.90. The Bertz CT molecular complexity index is 912. The molecular weight excluding hydrogens is 359 g/mol. The highest BCUT2D eigenvalue weighted by molar-refractivity contribution is 6.35. The van der Waals surface area contributed by atoms with E-state index in [2.05, 4.69) is 21.5 Å². The van der Waals surface area contributed by atoms with Crippen LogP contribution in [0.1, 0.15) is 29.6 Å². The molecule has 1 aromatic heterocycles. The fourth-order valence-electron chi connectivity index (χ4n) is 3.23. The van der Waals surface area contributed by atoms with Crippen LogP contribution in [0.5, 0.6) is 5.75 Å². The lowest BCUT2D eigenvalue weighted by Gasteiger charge is -2.32. The molecule has 0 fully saturated rings. The molecule has 1 aliphatic heterocycles. The molecule has 0 unspecified atom stereocenters. The first-order valence-corrected chi connectivity index (χ1v) is 8.66. The summed E-state index contributed by atoms with van der Waals surface area (Å²) in [6.07, 6.45) is 2.34. The highest BCUT2D eigenvalue weighted by Crippen LogP contribution is 2.40. The summed E-state index contributed by atoms with van der Waals surface area (Å²) in [6.45, 7) is 0. The van der Waals surface area contributed by atoms with Crippen molar-refractivity contribution in [3.8, 4) is 5.75 Å². The summed E-state index contributed by atoms with van der Waals surface area (Å²) in [4.78, 5) is 4.34. The number of nitrogens with one attached hydrogen (secondary N) is 1. The van der Waals surface area contributed by atoms with Crippen molar-refractivity contribution >= 4 is 29.2 Å². The van der Waals surface area contributed by atoms with Crippen molar-refractivity contribution in [1.82, 2.24) is 14.8 Å². The van der Waals surface area contributed by atoms with Gasteiger partial charge in [0.25, 0.3) is 0 Å². The summed E-state index contributed by atoms with van der Waals surface area (Å²) >= 11 is 12.5. The van der Waals surface area contributed by atoms with Gasteiger partial charge >= 0.3 is 0 Å². The summed E-state index contributed by atoms with van der Waals surface area (Å²) in [5.74, 6) is 1.54. The largest absolute Gasteiger partial charge is 0.497 e. The molecule has 3 aromatic rings. The predicted molar refractivity (Wildman–Crippen MR) is 98.6 cm³/mol. The van der Waals surface area contributed by atoms with Crippen LogP contribution in [0.3, 0.4) is 0 Å². The Balaban J connectivity index is 1.75. The number of ether oxygens (including phenoxy) is 1. The van der Waals surface area contributed by atoms with E-state index in [9.17, 15) is 0 Å². The molecule has 0 aliphatic carbocycles. The number of halogens is 2. The zero-order valence-electron chi connectivity index (χ0n) is 13.5. The Hall–Kier alpha value is -2.24. The van der Waals surface area contributed by atoms with Gasteiger partial charge in [0.2, 0.25) is 5.95 Å². The van der Waals surface area contributed by atoms with Crippen molar-refractivity contribution in [2.45, 2.75) is 18.5 Å². The third-order valence-electron chi connectivity index (χ3n) is 4.45. The van der Waals surface area contributed by atoms with Crippen molar-refractivity contribution in [3.05, 3.63) is 70.0 Å². The van der Waals surface area contributed by atoms with Crippen LogP contribution < -0.4 is 10.1 Å². The zero-order chi connectivity index (χ0) is 17.4. The van der Waals surface area contributed by atoms with Gasteiger partial charge in [0.1, 0.15) is 12.1 Å². The van der Waals surface area contributed by atoms with Crippen LogP contribution in [0, 0.1) is 0 Å². The molecule has 5 nitrogen and oxygen atoms in total. The molecule has 2 heterocycles. The fraction of sp³-hybridized carbons (Fsp3) is 0.222. The number of methoxy groups -OCH3 is 1. The Morgan fingerprint density at radius 3 is 2.88 bits per heavy atom. The number of fused-ring (bicyclic) bond motifs is 1. The van der Waals surface area contributed by atoms with E-state index in [1.165, 1.54) is 0 Å². The third kappa shape index (κ3) is 3.05. The van der Waals surface area contributed by atoms with Crippen LogP contribution in [-0.2, 0) is 0 Å². The second-order valence-corrected chi connectivity index (χ2v) is 6.76. The molecule has 1 aliphatic rings. The number of rotatable bonds is 3. The highest BCUT2D eigenvalue weighted by atomic mass is 35.5. The average molecular weight is 375 g/mol. The second-order valence-electron chi connectivity index (χ2n) is 5.92. The van der Waals surface area contributed by atoms with Gasteiger partial charge in [-0.15, -0.1) is 0 Å². The van der Waals surface area contributed by atoms with Crippen molar-refractivity contribution in [3.63, 3.8) is 0 Å². The van der Waals surface area contributed by atoms with E-state index in [0.29, 0.717) is 10.0 Å². The van der Waals surface area contributed by atoms with Crippen molar-refractivity contribution in [1.29, 1.82) is 0 Å². The van der Waals surface area contributed by atoms with Crippen LogP contribution in [0.25, 0.3) is 0 Å². The molecular formula is C18H16Cl2N4O. The molecule has 0 amide bonds. The van der Waals surface area contributed by atoms with E-state index in [1.54, 1.807) is 19.5 Å². The van der Waals surface area contributed by atoms with Crippen molar-refractivity contribution < 1.29 is 4.74 Å². The van der Waals surface area contributed by atoms with Gasteiger partial charge in [-0.1, -0.05) is 41.4 Å². The third-order valence-corrected chi connectivity index (χ3v) is 5.01. The molecule has 0 radical (unpaired) electrons. The van der Waals surface area contributed by atoms with Crippen LogP contribution in [0.4, 0.5) is 5.95 Å². The smallest absolute Gasteiger partial charge is 0.222 e. The maximum absolute atomic E-state index is 6.42. The van der Waals surface area contributed by atoms with Gasteiger partial charge in [-0.25, -0.2) is 4.68 Å². The maximum atomic E-state index is 6.42. The number of hydrogen-bond donors (Lipinski definition) is 1. The monoisotopic (exact) mass is 374 g/mol. The van der Waals surface area contributed by atoms with Crippen LogP contribution in [0.15, 0.2) is 48.8 Å². The minimum atomic E-state index is 0.0117. The number of benzene rings is 2. The number of aromatic nitrogens is 3. The number of anilines is 1. The normalized spacial score (nSPS) is 19.2. The lowest BCUT2D eigenvalue weighted by atomic mass is 9.93. The van der Waals surface area contributed by atoms with E-state index >= 15 is 0 Å². The van der Waals surface area contributed by atoms with Gasteiger partial charge in [-0.05, 0) is 41.8 Å². The first kappa shape index (κ1) is 16.2. The Kier molecular flexibility index (Phi) is 4.27. The number of nitrogens with zero attached hydrogens (tertiary/aromatic N) is 3. The minimum Gasteiger partial charge on any atom is -0.497 e. The topological polar surface area (TPSA) is 52.0 Å². The van der Waals surface area contributed by atoms with Gasteiger partial charge < -0.3 is 10.1 Å². The zero-order valence-corrected chi connectivity index (χ0v) is 15.0. The first-order chi connectivity index (χ1) is 12.2. The second kappa shape index (κ2) is 6.58. The summed E-state index contributed by atoms with van der Waals surface area (Å²) in [5, 5.41) is 9.06. The molecule has 7 heteroatoms. The van der Waals surface area contributed by atoms with E-state index < -0.39 is 0 Å². The molecule has 128 valence electrons. The van der Waals surface area contributed by atoms with E-state index in [0.717, 1.165) is 29.2 Å². The molecule has 0 saturated heterocycles. The maximum Gasteiger partial charge on any atom is 0.222 e. The van der Waals surface area contributed by atoms with Gasteiger partial charge in [0.05, 0.1) is 19.2 Å². The molecule has 2 atom stereocenters. The summed E-state index contributed by atoms with van der Waals surface area (Å²) in [5.41, 5.74) is 2.11. The average Bonchev–Trinajstić information content (AvgIpc) is 3.09. The highest BCUT2D eigenvalue weighted by Gasteiger charge is 2.31. The van der Waals surface area contributed by atoms with Gasteiger partial charge in [0.15, 0.2) is 0 Å². The van der Waals surface area contributed by atoms with E-state index in [-0.39, 0.29) is 12.1 Å². The Labute approximate surface area is 155 Å². The van der Waals surface area contributed by atoms with E-state index in [1.807, 2.05) is 35.0 Å². The van der Waals surface area contributed by atoms with Crippen molar-refractivity contribution in [2.75, 3.05) is 12.4 Å². The van der Waals surface area contributed by atoms with Gasteiger partial charge in [0, 0.05) is 10.0 Å². The molecule has 4 rings (SSSR count). The lowest BCUT2D eigenvalue weighted by Crippen LogP contribution is -2.28. The summed E-state index contributed by atoms with van der Waals surface area (Å²) in [6, 6.07) is 13.6. The SMILES string of the molecule is COc1cccc([C@H]2C[C@@H](c3ccc(Cl)cc3Cl)Nc3ncnn32)c1. The van der Waals surface area contributed by atoms with Crippen molar-refractivity contribution in [2.24, 2.45) is 0 Å². The summed E-state index contributed by atoms with van der Waals surface area (Å²) in [7, 11) is 1.67. The quantitative estimate of drug-likeness (QED) is 0.719. The van der Waals surface area contributed by atoms with Crippen LogP contribution >= 0.6 is 23.2 Å². The Morgan fingerprint density at radius 2 is 2.08 bits per heavy atom. The van der Waals surface area contributed by atoms with Gasteiger partial charge in [-0.3, -0.25) is 0 Å². The molecule has 0 bridgehead atoms. The molecule has 2 aromatic carbocycles. The van der Waals surface area contributed by atoms with Gasteiger partial charge in [-0.2, -0.15) is 10.1 Å². The van der Waals surface area contributed by atoms with Crippen LogP contribution in [-0.4, -0.2) is 21.9 Å². The fourth-order valence-corrected chi connectivity index (χ4v) is 3.77. The molecule has 0 spiro atoms. The molecule has 25 heavy (non-hydrogen) atoms. The minimum absolute atomic E-state index is 0.0117. The lowest BCUT2D eigenvalue weighted by molar-refractivity contribution is 0.406.